The molecule has 0 aliphatic carbocycles. The number of oxazole rings is 1. The van der Waals surface area contributed by atoms with Gasteiger partial charge in [-0.15, -0.1) is 0 Å². The minimum Gasteiger partial charge on any atom is -0.441 e. The van der Waals surface area contributed by atoms with Crippen LogP contribution in [0.3, 0.4) is 0 Å². The standard InChI is InChI=1S/C16H17N3O/c1-11-18-15-8-7-14(10-16(15)20-11)19(3)13-6-4-5-12(9-13)17-2/h4-10,17H,1-3H3. The molecule has 0 aliphatic heterocycles. The van der Waals surface area contributed by atoms with Gasteiger partial charge in [0, 0.05) is 44.1 Å². The summed E-state index contributed by atoms with van der Waals surface area (Å²) in [6.07, 6.45) is 0. The van der Waals surface area contributed by atoms with Crippen LogP contribution in [-0.4, -0.2) is 19.1 Å². The Morgan fingerprint density at radius 2 is 1.90 bits per heavy atom. The van der Waals surface area contributed by atoms with E-state index in [4.69, 9.17) is 4.42 Å². The molecule has 3 aromatic rings. The molecule has 3 rings (SSSR count). The Morgan fingerprint density at radius 1 is 1.10 bits per heavy atom. The van der Waals surface area contributed by atoms with E-state index in [1.807, 2.05) is 45.3 Å². The molecule has 20 heavy (non-hydrogen) atoms. The number of anilines is 3. The lowest BCUT2D eigenvalue weighted by molar-refractivity contribution is 0.561. The summed E-state index contributed by atoms with van der Waals surface area (Å²) in [6, 6.07) is 14.3. The Morgan fingerprint density at radius 3 is 2.70 bits per heavy atom. The van der Waals surface area contributed by atoms with E-state index < -0.39 is 0 Å². The summed E-state index contributed by atoms with van der Waals surface area (Å²) in [5, 5.41) is 3.15. The number of fused-ring (bicyclic) bond motifs is 1. The molecule has 1 aromatic heterocycles. The largest absolute Gasteiger partial charge is 0.441 e. The van der Waals surface area contributed by atoms with E-state index in [1.54, 1.807) is 0 Å². The molecule has 0 amide bonds. The lowest BCUT2D eigenvalue weighted by Gasteiger charge is -2.20. The van der Waals surface area contributed by atoms with E-state index >= 15 is 0 Å². The summed E-state index contributed by atoms with van der Waals surface area (Å²) in [5.74, 6) is 0.692. The van der Waals surface area contributed by atoms with Gasteiger partial charge in [0.15, 0.2) is 11.5 Å². The quantitative estimate of drug-likeness (QED) is 0.780. The molecule has 0 spiro atoms. The highest BCUT2D eigenvalue weighted by Gasteiger charge is 2.08. The predicted octanol–water partition coefficient (Wildman–Crippen LogP) is 3.95. The molecular weight excluding hydrogens is 250 g/mol. The van der Waals surface area contributed by atoms with Crippen molar-refractivity contribution >= 4 is 28.2 Å². The molecule has 0 fully saturated rings. The van der Waals surface area contributed by atoms with Crippen LogP contribution in [0.5, 0.6) is 0 Å². The Labute approximate surface area is 118 Å². The minimum atomic E-state index is 0.692. The molecule has 0 atom stereocenters. The van der Waals surface area contributed by atoms with Crippen LogP contribution in [0.25, 0.3) is 11.1 Å². The predicted molar refractivity (Wildman–Crippen MR) is 82.8 cm³/mol. The second-order valence-electron chi connectivity index (χ2n) is 4.74. The van der Waals surface area contributed by atoms with E-state index in [9.17, 15) is 0 Å². The molecule has 4 heteroatoms. The number of nitrogens with zero attached hydrogens (tertiary/aromatic N) is 2. The van der Waals surface area contributed by atoms with Crippen molar-refractivity contribution in [2.45, 2.75) is 6.92 Å². The first kappa shape index (κ1) is 12.5. The Hall–Kier alpha value is -2.49. The number of aromatic nitrogens is 1. The number of hydrogen-bond acceptors (Lipinski definition) is 4. The minimum absolute atomic E-state index is 0.692. The Balaban J connectivity index is 2.00. The van der Waals surface area contributed by atoms with Crippen LogP contribution in [0.2, 0.25) is 0 Å². The van der Waals surface area contributed by atoms with Gasteiger partial charge < -0.3 is 14.6 Å². The maximum Gasteiger partial charge on any atom is 0.192 e. The lowest BCUT2D eigenvalue weighted by atomic mass is 10.2. The van der Waals surface area contributed by atoms with Crippen molar-refractivity contribution in [2.75, 3.05) is 24.3 Å². The van der Waals surface area contributed by atoms with Crippen molar-refractivity contribution in [1.82, 2.24) is 4.98 Å². The Bertz CT molecular complexity index is 748. The van der Waals surface area contributed by atoms with Crippen molar-refractivity contribution < 1.29 is 4.42 Å². The normalized spacial score (nSPS) is 10.8. The fraction of sp³-hybridized carbons (Fsp3) is 0.188. The first-order chi connectivity index (χ1) is 9.67. The zero-order chi connectivity index (χ0) is 14.1. The van der Waals surface area contributed by atoms with Crippen molar-refractivity contribution in [3.8, 4) is 0 Å². The molecule has 1 heterocycles. The second kappa shape index (κ2) is 4.89. The molecule has 1 N–H and O–H groups in total. The number of rotatable bonds is 3. The van der Waals surface area contributed by atoms with Gasteiger partial charge in [-0.25, -0.2) is 4.98 Å². The molecule has 0 unspecified atom stereocenters. The first-order valence-electron chi connectivity index (χ1n) is 6.56. The summed E-state index contributed by atoms with van der Waals surface area (Å²) in [5.41, 5.74) is 4.99. The van der Waals surface area contributed by atoms with E-state index in [2.05, 4.69) is 33.4 Å². The second-order valence-corrected chi connectivity index (χ2v) is 4.74. The number of benzene rings is 2. The fourth-order valence-corrected chi connectivity index (χ4v) is 2.26. The van der Waals surface area contributed by atoms with Gasteiger partial charge in [0.1, 0.15) is 5.52 Å². The average Bonchev–Trinajstić information content (AvgIpc) is 2.85. The van der Waals surface area contributed by atoms with Crippen LogP contribution < -0.4 is 10.2 Å². The monoisotopic (exact) mass is 267 g/mol. The van der Waals surface area contributed by atoms with Gasteiger partial charge in [-0.05, 0) is 30.3 Å². The Kier molecular flexibility index (Phi) is 3.06. The van der Waals surface area contributed by atoms with Crippen molar-refractivity contribution in [3.05, 3.63) is 48.4 Å². The van der Waals surface area contributed by atoms with Gasteiger partial charge in [-0.3, -0.25) is 0 Å². The summed E-state index contributed by atoms with van der Waals surface area (Å²) < 4.78 is 5.59. The third-order valence-corrected chi connectivity index (χ3v) is 3.39. The van der Waals surface area contributed by atoms with E-state index in [0.29, 0.717) is 5.89 Å². The maximum atomic E-state index is 5.59. The fourth-order valence-electron chi connectivity index (χ4n) is 2.26. The van der Waals surface area contributed by atoms with Crippen molar-refractivity contribution in [1.29, 1.82) is 0 Å². The van der Waals surface area contributed by atoms with Gasteiger partial charge in [0.25, 0.3) is 0 Å². The van der Waals surface area contributed by atoms with Crippen LogP contribution >= 0.6 is 0 Å². The first-order valence-corrected chi connectivity index (χ1v) is 6.56. The summed E-state index contributed by atoms with van der Waals surface area (Å²) in [6.45, 7) is 1.86. The molecular formula is C16H17N3O. The zero-order valence-corrected chi connectivity index (χ0v) is 11.8. The topological polar surface area (TPSA) is 41.3 Å². The third kappa shape index (κ3) is 2.20. The smallest absolute Gasteiger partial charge is 0.192 e. The molecule has 4 nitrogen and oxygen atoms in total. The van der Waals surface area contributed by atoms with Gasteiger partial charge in [-0.1, -0.05) is 6.07 Å². The third-order valence-electron chi connectivity index (χ3n) is 3.39. The molecule has 0 radical (unpaired) electrons. The van der Waals surface area contributed by atoms with E-state index in [1.165, 1.54) is 0 Å². The maximum absolute atomic E-state index is 5.59. The van der Waals surface area contributed by atoms with Gasteiger partial charge >= 0.3 is 0 Å². The zero-order valence-electron chi connectivity index (χ0n) is 11.8. The highest BCUT2D eigenvalue weighted by atomic mass is 16.3. The summed E-state index contributed by atoms with van der Waals surface area (Å²) in [4.78, 5) is 6.44. The molecule has 102 valence electrons. The molecule has 0 aliphatic rings. The molecule has 0 saturated heterocycles. The number of aryl methyl sites for hydroxylation is 1. The average molecular weight is 267 g/mol. The molecule has 0 bridgehead atoms. The highest BCUT2D eigenvalue weighted by Crippen LogP contribution is 2.28. The lowest BCUT2D eigenvalue weighted by Crippen LogP contribution is -2.09. The van der Waals surface area contributed by atoms with Gasteiger partial charge in [-0.2, -0.15) is 0 Å². The van der Waals surface area contributed by atoms with Gasteiger partial charge in [0.2, 0.25) is 0 Å². The SMILES string of the molecule is CNc1cccc(N(C)c2ccc3nc(C)oc3c2)c1. The van der Waals surface area contributed by atoms with Crippen LogP contribution in [0, 0.1) is 6.92 Å². The van der Waals surface area contributed by atoms with Crippen molar-refractivity contribution in [2.24, 2.45) is 0 Å². The molecule has 2 aromatic carbocycles. The summed E-state index contributed by atoms with van der Waals surface area (Å²) in [7, 11) is 3.96. The summed E-state index contributed by atoms with van der Waals surface area (Å²) >= 11 is 0. The number of nitrogens with one attached hydrogen (secondary N) is 1. The van der Waals surface area contributed by atoms with Crippen LogP contribution in [0.1, 0.15) is 5.89 Å². The van der Waals surface area contributed by atoms with Gasteiger partial charge in [0.05, 0.1) is 0 Å². The molecule has 0 saturated carbocycles. The van der Waals surface area contributed by atoms with Crippen LogP contribution in [0.4, 0.5) is 17.1 Å². The van der Waals surface area contributed by atoms with Crippen LogP contribution in [0.15, 0.2) is 46.9 Å². The van der Waals surface area contributed by atoms with Crippen LogP contribution in [-0.2, 0) is 0 Å². The highest BCUT2D eigenvalue weighted by molar-refractivity contribution is 5.79. The van der Waals surface area contributed by atoms with E-state index in [0.717, 1.165) is 28.2 Å². The number of hydrogen-bond donors (Lipinski definition) is 1. The van der Waals surface area contributed by atoms with E-state index in [-0.39, 0.29) is 0 Å². The van der Waals surface area contributed by atoms with Crippen molar-refractivity contribution in [3.63, 3.8) is 0 Å².